The quantitative estimate of drug-likeness (QED) is 0.553. The van der Waals surface area contributed by atoms with E-state index < -0.39 is 0 Å². The van der Waals surface area contributed by atoms with Gasteiger partial charge in [0.2, 0.25) is 16.9 Å². The molecule has 2 aromatic heterocycles. The highest BCUT2D eigenvalue weighted by molar-refractivity contribution is 8.02. The lowest BCUT2D eigenvalue weighted by Crippen LogP contribution is -2.32. The third-order valence-electron chi connectivity index (χ3n) is 3.71. The maximum Gasteiger partial charge on any atom is 0.238 e. The molecule has 1 fully saturated rings. The largest absolute Gasteiger partial charge is 0.310 e. The van der Waals surface area contributed by atoms with Crippen molar-refractivity contribution >= 4 is 57.5 Å². The summed E-state index contributed by atoms with van der Waals surface area (Å²) >= 11 is 8.43. The summed E-state index contributed by atoms with van der Waals surface area (Å²) in [5, 5.41) is 11.7. The molecular weight excluding hydrogens is 394 g/mol. The SMILES string of the molecule is CCC(=O)N(c1nnc(S[C@H](C)C(=O)Nc2ccc(Cl)cn2)s1)C1CC1. The van der Waals surface area contributed by atoms with Gasteiger partial charge >= 0.3 is 0 Å². The Morgan fingerprint density at radius 3 is 2.81 bits per heavy atom. The third-order valence-corrected chi connectivity index (χ3v) is 6.04. The number of hydrogen-bond donors (Lipinski definition) is 1. The van der Waals surface area contributed by atoms with E-state index in [1.165, 1.54) is 29.3 Å². The zero-order valence-corrected chi connectivity index (χ0v) is 16.7. The van der Waals surface area contributed by atoms with Crippen LogP contribution in [0.3, 0.4) is 0 Å². The molecule has 1 aliphatic rings. The molecule has 0 spiro atoms. The van der Waals surface area contributed by atoms with Crippen molar-refractivity contribution < 1.29 is 9.59 Å². The van der Waals surface area contributed by atoms with E-state index in [1.54, 1.807) is 24.0 Å². The van der Waals surface area contributed by atoms with E-state index in [0.29, 0.717) is 26.7 Å². The van der Waals surface area contributed by atoms with Gasteiger partial charge < -0.3 is 5.32 Å². The van der Waals surface area contributed by atoms with Crippen LogP contribution in [-0.4, -0.2) is 38.3 Å². The second-order valence-electron chi connectivity index (χ2n) is 5.81. The molecule has 1 N–H and O–H groups in total. The van der Waals surface area contributed by atoms with Crippen molar-refractivity contribution in [1.29, 1.82) is 0 Å². The molecule has 2 heterocycles. The van der Waals surface area contributed by atoms with Crippen molar-refractivity contribution in [2.45, 2.75) is 48.7 Å². The van der Waals surface area contributed by atoms with E-state index in [9.17, 15) is 9.59 Å². The molecule has 1 saturated carbocycles. The van der Waals surface area contributed by atoms with Crippen LogP contribution in [0.2, 0.25) is 5.02 Å². The zero-order chi connectivity index (χ0) is 18.7. The van der Waals surface area contributed by atoms with Gasteiger partial charge in [0.1, 0.15) is 5.82 Å². The van der Waals surface area contributed by atoms with Crippen LogP contribution < -0.4 is 10.2 Å². The monoisotopic (exact) mass is 411 g/mol. The van der Waals surface area contributed by atoms with E-state index in [4.69, 9.17) is 11.6 Å². The van der Waals surface area contributed by atoms with Crippen molar-refractivity contribution in [3.8, 4) is 0 Å². The summed E-state index contributed by atoms with van der Waals surface area (Å²) in [5.41, 5.74) is 0. The number of nitrogens with zero attached hydrogens (tertiary/aromatic N) is 4. The molecule has 0 aromatic carbocycles. The Morgan fingerprint density at radius 1 is 1.42 bits per heavy atom. The van der Waals surface area contributed by atoms with E-state index in [1.807, 2.05) is 6.92 Å². The summed E-state index contributed by atoms with van der Waals surface area (Å²) < 4.78 is 0.654. The van der Waals surface area contributed by atoms with Gasteiger partial charge in [-0.1, -0.05) is 41.6 Å². The molecule has 0 unspecified atom stereocenters. The Bertz CT molecular complexity index is 794. The van der Waals surface area contributed by atoms with Crippen LogP contribution in [-0.2, 0) is 9.59 Å². The van der Waals surface area contributed by atoms with Gasteiger partial charge in [-0.05, 0) is 31.9 Å². The summed E-state index contributed by atoms with van der Waals surface area (Å²) in [4.78, 5) is 30.2. The van der Waals surface area contributed by atoms with Gasteiger partial charge in [-0.15, -0.1) is 10.2 Å². The fraction of sp³-hybridized carbons (Fsp3) is 0.438. The van der Waals surface area contributed by atoms with Crippen LogP contribution in [0.25, 0.3) is 0 Å². The van der Waals surface area contributed by atoms with Crippen molar-refractivity contribution in [1.82, 2.24) is 15.2 Å². The van der Waals surface area contributed by atoms with Crippen molar-refractivity contribution in [3.05, 3.63) is 23.4 Å². The highest BCUT2D eigenvalue weighted by atomic mass is 35.5. The first-order valence-electron chi connectivity index (χ1n) is 8.22. The first-order chi connectivity index (χ1) is 12.5. The number of aromatic nitrogens is 3. The lowest BCUT2D eigenvalue weighted by molar-refractivity contribution is -0.118. The lowest BCUT2D eigenvalue weighted by atomic mass is 10.4. The number of amides is 2. The number of pyridine rings is 1. The van der Waals surface area contributed by atoms with Crippen molar-refractivity contribution in [2.24, 2.45) is 0 Å². The molecule has 0 bridgehead atoms. The first kappa shape index (κ1) is 19.1. The van der Waals surface area contributed by atoms with Gasteiger partial charge in [-0.25, -0.2) is 4.98 Å². The number of rotatable bonds is 7. The summed E-state index contributed by atoms with van der Waals surface area (Å²) in [5.74, 6) is 0.309. The number of thioether (sulfide) groups is 1. The lowest BCUT2D eigenvalue weighted by Gasteiger charge is -2.17. The third kappa shape index (κ3) is 4.72. The normalized spacial score (nSPS) is 14.7. The average molecular weight is 412 g/mol. The van der Waals surface area contributed by atoms with E-state index in [2.05, 4.69) is 20.5 Å². The smallest absolute Gasteiger partial charge is 0.238 e. The minimum absolute atomic E-state index is 0.0554. The molecule has 3 rings (SSSR count). The van der Waals surface area contributed by atoms with Crippen LogP contribution in [0.4, 0.5) is 10.9 Å². The standard InChI is InChI=1S/C16H18ClN5O2S2/c1-3-13(23)22(11-5-6-11)15-20-21-16(26-15)25-9(2)14(24)19-12-7-4-10(17)8-18-12/h4,7-9,11H,3,5-6H2,1-2H3,(H,18,19,24)/t9-/m1/s1. The number of halogens is 1. The summed E-state index contributed by atoms with van der Waals surface area (Å²) in [7, 11) is 0. The highest BCUT2D eigenvalue weighted by Gasteiger charge is 2.35. The molecule has 1 atom stereocenters. The maximum absolute atomic E-state index is 12.3. The van der Waals surface area contributed by atoms with Gasteiger partial charge in [0.15, 0.2) is 4.34 Å². The van der Waals surface area contributed by atoms with Crippen molar-refractivity contribution in [3.63, 3.8) is 0 Å². The fourth-order valence-corrected chi connectivity index (χ4v) is 4.39. The van der Waals surface area contributed by atoms with Crippen LogP contribution in [0.5, 0.6) is 0 Å². The molecular formula is C16H18ClN5O2S2. The van der Waals surface area contributed by atoms with Crippen LogP contribution in [0.1, 0.15) is 33.1 Å². The Balaban J connectivity index is 1.61. The van der Waals surface area contributed by atoms with Gasteiger partial charge in [-0.2, -0.15) is 0 Å². The van der Waals surface area contributed by atoms with Crippen molar-refractivity contribution in [2.75, 3.05) is 10.2 Å². The number of carbonyl (C=O) groups excluding carboxylic acids is 2. The Labute approximate surface area is 164 Å². The van der Waals surface area contributed by atoms with Crippen LogP contribution in [0, 0.1) is 0 Å². The maximum atomic E-state index is 12.3. The second kappa shape index (κ2) is 8.32. The van der Waals surface area contributed by atoms with E-state index in [0.717, 1.165) is 12.8 Å². The molecule has 0 aliphatic heterocycles. The fourth-order valence-electron chi connectivity index (χ4n) is 2.20. The molecule has 7 nitrogen and oxygen atoms in total. The molecule has 2 aromatic rings. The van der Waals surface area contributed by atoms with Gasteiger partial charge in [0.25, 0.3) is 0 Å². The van der Waals surface area contributed by atoms with Gasteiger partial charge in [-0.3, -0.25) is 14.5 Å². The number of anilines is 2. The molecule has 1 aliphatic carbocycles. The molecule has 138 valence electrons. The summed E-state index contributed by atoms with van der Waals surface area (Å²) in [6.45, 7) is 3.62. The Morgan fingerprint density at radius 2 is 2.19 bits per heavy atom. The predicted octanol–water partition coefficient (Wildman–Crippen LogP) is 3.61. The van der Waals surface area contributed by atoms with E-state index in [-0.39, 0.29) is 23.1 Å². The van der Waals surface area contributed by atoms with Crippen LogP contribution in [0.15, 0.2) is 22.7 Å². The zero-order valence-electron chi connectivity index (χ0n) is 14.3. The molecule has 10 heteroatoms. The molecule has 26 heavy (non-hydrogen) atoms. The van der Waals surface area contributed by atoms with Gasteiger partial charge in [0, 0.05) is 18.7 Å². The second-order valence-corrected chi connectivity index (χ2v) is 8.79. The number of hydrogen-bond acceptors (Lipinski definition) is 7. The topological polar surface area (TPSA) is 88.1 Å². The first-order valence-corrected chi connectivity index (χ1v) is 10.3. The Hall–Kier alpha value is -1.71. The molecule has 2 amide bonds. The summed E-state index contributed by atoms with van der Waals surface area (Å²) in [6.07, 6.45) is 3.91. The number of nitrogens with one attached hydrogen (secondary N) is 1. The number of carbonyl (C=O) groups is 2. The minimum atomic E-state index is -0.385. The van der Waals surface area contributed by atoms with Crippen LogP contribution >= 0.6 is 34.7 Å². The Kier molecular flexibility index (Phi) is 6.10. The minimum Gasteiger partial charge on any atom is -0.310 e. The average Bonchev–Trinajstić information content (AvgIpc) is 3.36. The molecule has 0 radical (unpaired) electrons. The summed E-state index contributed by atoms with van der Waals surface area (Å²) in [6, 6.07) is 3.55. The van der Waals surface area contributed by atoms with E-state index >= 15 is 0 Å². The molecule has 0 saturated heterocycles. The van der Waals surface area contributed by atoms with Gasteiger partial charge in [0.05, 0.1) is 10.3 Å². The predicted molar refractivity (Wildman–Crippen MR) is 104 cm³/mol. The highest BCUT2D eigenvalue weighted by Crippen LogP contribution is 2.37.